The van der Waals surface area contributed by atoms with Gasteiger partial charge in [0.25, 0.3) is 0 Å². The van der Waals surface area contributed by atoms with E-state index in [1.807, 2.05) is 6.92 Å². The van der Waals surface area contributed by atoms with Crippen LogP contribution in [0.15, 0.2) is 18.2 Å². The average molecular weight is 295 g/mol. The summed E-state index contributed by atoms with van der Waals surface area (Å²) in [6.45, 7) is 0.671. The standard InChI is InChI=1S/C14H15F2N3O2/c1-7-8(2)18-13(19-12(7)17)9-4-5-10(20-3)11(6-9)21-14(15)16/h4-6,14H,1-3H3,(H2,17,18,19). The number of halogens is 2. The van der Waals surface area contributed by atoms with Crippen molar-refractivity contribution in [1.82, 2.24) is 9.97 Å². The molecule has 1 aromatic carbocycles. The fourth-order valence-electron chi connectivity index (χ4n) is 1.78. The molecule has 0 unspecified atom stereocenters. The third kappa shape index (κ3) is 3.18. The van der Waals surface area contributed by atoms with Gasteiger partial charge in [-0.2, -0.15) is 8.78 Å². The molecule has 0 saturated heterocycles. The van der Waals surface area contributed by atoms with Gasteiger partial charge in [-0.15, -0.1) is 0 Å². The van der Waals surface area contributed by atoms with E-state index in [1.165, 1.54) is 19.2 Å². The molecule has 21 heavy (non-hydrogen) atoms. The van der Waals surface area contributed by atoms with Crippen molar-refractivity contribution in [3.8, 4) is 22.9 Å². The number of aromatic nitrogens is 2. The molecule has 0 spiro atoms. The quantitative estimate of drug-likeness (QED) is 0.939. The third-order valence-electron chi connectivity index (χ3n) is 3.06. The molecule has 2 rings (SSSR count). The molecule has 1 heterocycles. The second-order valence-corrected chi connectivity index (χ2v) is 4.39. The summed E-state index contributed by atoms with van der Waals surface area (Å²) in [7, 11) is 1.37. The number of alkyl halides is 2. The van der Waals surface area contributed by atoms with Gasteiger partial charge in [-0.1, -0.05) is 0 Å². The molecule has 0 saturated carbocycles. The van der Waals surface area contributed by atoms with E-state index in [0.29, 0.717) is 17.2 Å². The van der Waals surface area contributed by atoms with Crippen molar-refractivity contribution in [2.45, 2.75) is 20.5 Å². The molecule has 1 aromatic heterocycles. The average Bonchev–Trinajstić information content (AvgIpc) is 2.43. The minimum atomic E-state index is -2.94. The number of rotatable bonds is 4. The highest BCUT2D eigenvalue weighted by molar-refractivity contribution is 5.63. The van der Waals surface area contributed by atoms with Crippen LogP contribution in [0.4, 0.5) is 14.6 Å². The van der Waals surface area contributed by atoms with Crippen LogP contribution in [0.25, 0.3) is 11.4 Å². The normalized spacial score (nSPS) is 10.8. The summed E-state index contributed by atoms with van der Waals surface area (Å²) in [6, 6.07) is 4.57. The summed E-state index contributed by atoms with van der Waals surface area (Å²) in [6.07, 6.45) is 0. The van der Waals surface area contributed by atoms with Gasteiger partial charge in [0.2, 0.25) is 0 Å². The number of hydrogen-bond acceptors (Lipinski definition) is 5. The van der Waals surface area contributed by atoms with Gasteiger partial charge in [-0.25, -0.2) is 9.97 Å². The van der Waals surface area contributed by atoms with Crippen molar-refractivity contribution in [2.24, 2.45) is 0 Å². The number of ether oxygens (including phenoxy) is 2. The fourth-order valence-corrected chi connectivity index (χ4v) is 1.78. The molecular formula is C14H15F2N3O2. The van der Waals surface area contributed by atoms with Gasteiger partial charge in [0.05, 0.1) is 7.11 Å². The number of nitrogens with zero attached hydrogens (tertiary/aromatic N) is 2. The van der Waals surface area contributed by atoms with E-state index in [9.17, 15) is 8.78 Å². The summed E-state index contributed by atoms with van der Waals surface area (Å²) >= 11 is 0. The van der Waals surface area contributed by atoms with Crippen LogP contribution in [0.5, 0.6) is 11.5 Å². The lowest BCUT2D eigenvalue weighted by Gasteiger charge is -2.12. The maximum Gasteiger partial charge on any atom is 0.387 e. The molecule has 0 fully saturated rings. The largest absolute Gasteiger partial charge is 0.493 e. The Labute approximate surface area is 120 Å². The Bertz CT molecular complexity index is 640. The van der Waals surface area contributed by atoms with Crippen molar-refractivity contribution in [3.63, 3.8) is 0 Å². The van der Waals surface area contributed by atoms with Crippen LogP contribution in [0.1, 0.15) is 11.3 Å². The van der Waals surface area contributed by atoms with Gasteiger partial charge >= 0.3 is 6.61 Å². The Morgan fingerprint density at radius 3 is 2.43 bits per heavy atom. The zero-order valence-electron chi connectivity index (χ0n) is 11.9. The van der Waals surface area contributed by atoms with Crippen LogP contribution in [0.2, 0.25) is 0 Å². The molecule has 7 heteroatoms. The number of aryl methyl sites for hydroxylation is 1. The smallest absolute Gasteiger partial charge is 0.387 e. The number of methoxy groups -OCH3 is 1. The lowest BCUT2D eigenvalue weighted by molar-refractivity contribution is -0.0511. The lowest BCUT2D eigenvalue weighted by Crippen LogP contribution is -2.05. The summed E-state index contributed by atoms with van der Waals surface area (Å²) in [5.74, 6) is 0.822. The minimum Gasteiger partial charge on any atom is -0.493 e. The maximum absolute atomic E-state index is 12.4. The number of nitrogen functional groups attached to an aromatic ring is 1. The Morgan fingerprint density at radius 2 is 1.86 bits per heavy atom. The Balaban J connectivity index is 2.49. The molecule has 0 aliphatic rings. The first kappa shape index (κ1) is 15.0. The lowest BCUT2D eigenvalue weighted by atomic mass is 10.1. The van der Waals surface area contributed by atoms with Crippen LogP contribution in [-0.2, 0) is 0 Å². The van der Waals surface area contributed by atoms with Crippen molar-refractivity contribution < 1.29 is 18.3 Å². The summed E-state index contributed by atoms with van der Waals surface area (Å²) in [5, 5.41) is 0. The van der Waals surface area contributed by atoms with Crippen LogP contribution in [0, 0.1) is 13.8 Å². The number of hydrogen-bond donors (Lipinski definition) is 1. The van der Waals surface area contributed by atoms with E-state index < -0.39 is 6.61 Å². The predicted octanol–water partition coefficient (Wildman–Crippen LogP) is 2.95. The van der Waals surface area contributed by atoms with E-state index in [0.717, 1.165) is 11.3 Å². The summed E-state index contributed by atoms with van der Waals surface area (Å²) in [5.41, 5.74) is 7.84. The van der Waals surface area contributed by atoms with Gasteiger partial charge in [0.15, 0.2) is 17.3 Å². The van der Waals surface area contributed by atoms with Crippen molar-refractivity contribution >= 4 is 5.82 Å². The molecule has 0 atom stereocenters. The molecule has 0 aliphatic heterocycles. The number of benzene rings is 1. The fraction of sp³-hybridized carbons (Fsp3) is 0.286. The maximum atomic E-state index is 12.4. The zero-order chi connectivity index (χ0) is 15.6. The monoisotopic (exact) mass is 295 g/mol. The van der Waals surface area contributed by atoms with Gasteiger partial charge in [0.1, 0.15) is 5.82 Å². The highest BCUT2D eigenvalue weighted by Crippen LogP contribution is 2.33. The molecule has 5 nitrogen and oxygen atoms in total. The second-order valence-electron chi connectivity index (χ2n) is 4.39. The van der Waals surface area contributed by atoms with Gasteiger partial charge in [0, 0.05) is 16.8 Å². The summed E-state index contributed by atoms with van der Waals surface area (Å²) in [4.78, 5) is 8.47. The highest BCUT2D eigenvalue weighted by Gasteiger charge is 2.14. The third-order valence-corrected chi connectivity index (χ3v) is 3.06. The van der Waals surface area contributed by atoms with E-state index in [-0.39, 0.29) is 11.5 Å². The molecule has 0 radical (unpaired) electrons. The molecule has 2 aromatic rings. The van der Waals surface area contributed by atoms with Gasteiger partial charge in [-0.05, 0) is 32.0 Å². The van der Waals surface area contributed by atoms with Gasteiger partial charge < -0.3 is 15.2 Å². The van der Waals surface area contributed by atoms with Gasteiger partial charge in [-0.3, -0.25) is 0 Å². The Hall–Kier alpha value is -2.44. The number of nitrogens with two attached hydrogens (primary N) is 1. The van der Waals surface area contributed by atoms with Crippen LogP contribution < -0.4 is 15.2 Å². The van der Waals surface area contributed by atoms with E-state index in [1.54, 1.807) is 13.0 Å². The number of anilines is 1. The topological polar surface area (TPSA) is 70.3 Å². The molecule has 0 aliphatic carbocycles. The molecule has 112 valence electrons. The second kappa shape index (κ2) is 5.90. The molecule has 0 bridgehead atoms. The first-order valence-electron chi connectivity index (χ1n) is 6.16. The summed E-state index contributed by atoms with van der Waals surface area (Å²) < 4.78 is 34.3. The van der Waals surface area contributed by atoms with Crippen LogP contribution in [-0.4, -0.2) is 23.7 Å². The van der Waals surface area contributed by atoms with E-state index in [4.69, 9.17) is 10.5 Å². The van der Waals surface area contributed by atoms with E-state index in [2.05, 4.69) is 14.7 Å². The van der Waals surface area contributed by atoms with Crippen LogP contribution in [0.3, 0.4) is 0 Å². The Morgan fingerprint density at radius 1 is 1.14 bits per heavy atom. The zero-order valence-corrected chi connectivity index (χ0v) is 11.9. The minimum absolute atomic E-state index is 0.0783. The van der Waals surface area contributed by atoms with Crippen molar-refractivity contribution in [2.75, 3.05) is 12.8 Å². The molecular weight excluding hydrogens is 280 g/mol. The van der Waals surface area contributed by atoms with Crippen LogP contribution >= 0.6 is 0 Å². The van der Waals surface area contributed by atoms with Crippen molar-refractivity contribution in [3.05, 3.63) is 29.5 Å². The first-order chi connectivity index (χ1) is 9.92. The first-order valence-corrected chi connectivity index (χ1v) is 6.16. The molecule has 0 amide bonds. The molecule has 2 N–H and O–H groups in total. The Kier molecular flexibility index (Phi) is 4.21. The highest BCUT2D eigenvalue weighted by atomic mass is 19.3. The van der Waals surface area contributed by atoms with E-state index >= 15 is 0 Å². The van der Waals surface area contributed by atoms with Crippen molar-refractivity contribution in [1.29, 1.82) is 0 Å². The predicted molar refractivity (Wildman–Crippen MR) is 74.5 cm³/mol. The SMILES string of the molecule is COc1ccc(-c2nc(C)c(C)c(N)n2)cc1OC(F)F.